The van der Waals surface area contributed by atoms with Gasteiger partial charge in [-0.15, -0.1) is 0 Å². The second-order valence-corrected chi connectivity index (χ2v) is 9.26. The fourth-order valence-corrected chi connectivity index (χ4v) is 4.91. The molecule has 4 rings (SSSR count). The second kappa shape index (κ2) is 6.66. The molecule has 0 unspecified atom stereocenters. The molecule has 3 aliphatic rings. The molecular formula is C17H24FN3O3S. The van der Waals surface area contributed by atoms with E-state index in [1.165, 1.54) is 34.8 Å². The average molecular weight is 369 g/mol. The number of hydrogen-bond donors (Lipinski definition) is 0. The maximum atomic E-state index is 13.6. The van der Waals surface area contributed by atoms with Crippen LogP contribution < -0.4 is 0 Å². The van der Waals surface area contributed by atoms with Crippen molar-refractivity contribution in [3.63, 3.8) is 0 Å². The highest BCUT2D eigenvalue weighted by Crippen LogP contribution is 2.31. The van der Waals surface area contributed by atoms with Crippen LogP contribution in [0.25, 0.3) is 0 Å². The van der Waals surface area contributed by atoms with E-state index in [9.17, 15) is 17.6 Å². The molecule has 0 aromatic heterocycles. The topological polar surface area (TPSA) is 60.9 Å². The predicted molar refractivity (Wildman–Crippen MR) is 92.9 cm³/mol. The lowest BCUT2D eigenvalue weighted by molar-refractivity contribution is 0.0587. The van der Waals surface area contributed by atoms with Crippen molar-refractivity contribution in [2.45, 2.75) is 25.8 Å². The zero-order valence-electron chi connectivity index (χ0n) is 14.8. The molecule has 8 heteroatoms. The smallest absolute Gasteiger partial charge is 0.281 e. The Morgan fingerprint density at radius 2 is 1.92 bits per heavy atom. The third-order valence-electron chi connectivity index (χ3n) is 5.16. The van der Waals surface area contributed by atoms with Crippen molar-refractivity contribution in [2.24, 2.45) is 5.92 Å². The number of carbonyl (C=O) groups excluding carboxylic acids is 1. The van der Waals surface area contributed by atoms with Crippen molar-refractivity contribution < 1.29 is 17.6 Å². The number of fused-ring (bicyclic) bond motifs is 4. The molecule has 2 bridgehead atoms. The molecule has 138 valence electrons. The summed E-state index contributed by atoms with van der Waals surface area (Å²) in [6.45, 7) is 3.00. The van der Waals surface area contributed by atoms with Gasteiger partial charge < -0.3 is 4.90 Å². The third kappa shape index (κ3) is 3.43. The predicted octanol–water partition coefficient (Wildman–Crippen LogP) is 1.48. The number of halogens is 1. The molecule has 3 heterocycles. The van der Waals surface area contributed by atoms with E-state index in [-0.39, 0.29) is 24.4 Å². The zero-order valence-corrected chi connectivity index (χ0v) is 15.6. The molecule has 25 heavy (non-hydrogen) atoms. The van der Waals surface area contributed by atoms with E-state index in [1.807, 2.05) is 0 Å². The molecule has 1 aromatic carbocycles. The highest BCUT2D eigenvalue weighted by atomic mass is 32.2. The van der Waals surface area contributed by atoms with Gasteiger partial charge in [-0.1, -0.05) is 6.07 Å². The first-order valence-corrected chi connectivity index (χ1v) is 9.84. The maximum absolute atomic E-state index is 13.6. The molecule has 0 radical (unpaired) electrons. The first-order chi connectivity index (χ1) is 11.7. The highest BCUT2D eigenvalue weighted by molar-refractivity contribution is 7.86. The number of amides is 1. The summed E-state index contributed by atoms with van der Waals surface area (Å²) in [4.78, 5) is 14.7. The molecule has 3 saturated heterocycles. The van der Waals surface area contributed by atoms with Gasteiger partial charge in [-0.3, -0.25) is 4.79 Å². The lowest BCUT2D eigenvalue weighted by atomic mass is 9.94. The van der Waals surface area contributed by atoms with E-state index in [4.69, 9.17) is 0 Å². The Hall–Kier alpha value is -1.51. The van der Waals surface area contributed by atoms with Gasteiger partial charge in [0.05, 0.1) is 0 Å². The van der Waals surface area contributed by atoms with Gasteiger partial charge in [-0.2, -0.15) is 17.0 Å². The summed E-state index contributed by atoms with van der Waals surface area (Å²) in [7, 11) is -0.479. The fraction of sp³-hybridized carbons (Fsp3) is 0.588. The third-order valence-corrected chi connectivity index (χ3v) is 7.03. The van der Waals surface area contributed by atoms with E-state index in [1.54, 1.807) is 17.9 Å². The standard InChI is InChI=1S/C17H24FN3O3S/c1-12-4-6-14(18)8-16(12)17(22)21-10-13-5-7-15(21)11-20(9-13)25(23,24)19(2)3/h4,6,8,13,15H,5,7,9-11H2,1-3H3/t13-,15+/m0/s1. The van der Waals surface area contributed by atoms with Gasteiger partial charge in [0.1, 0.15) is 5.82 Å². The summed E-state index contributed by atoms with van der Waals surface area (Å²) in [6.07, 6.45) is 1.67. The number of aryl methyl sites for hydroxylation is 1. The van der Waals surface area contributed by atoms with Gasteiger partial charge in [0.25, 0.3) is 16.1 Å². The van der Waals surface area contributed by atoms with E-state index in [0.717, 1.165) is 18.4 Å². The Morgan fingerprint density at radius 3 is 2.60 bits per heavy atom. The number of carbonyl (C=O) groups is 1. The first-order valence-electron chi connectivity index (χ1n) is 8.45. The van der Waals surface area contributed by atoms with Crippen LogP contribution in [0.1, 0.15) is 28.8 Å². The van der Waals surface area contributed by atoms with Crippen LogP contribution in [0, 0.1) is 18.7 Å². The molecule has 0 N–H and O–H groups in total. The second-order valence-electron chi connectivity index (χ2n) is 7.12. The summed E-state index contributed by atoms with van der Waals surface area (Å²) in [5.74, 6) is -0.548. The van der Waals surface area contributed by atoms with Crippen LogP contribution in [0.15, 0.2) is 18.2 Å². The zero-order chi connectivity index (χ0) is 18.4. The Bertz CT molecular complexity index is 781. The molecule has 0 saturated carbocycles. The Kier molecular flexibility index (Phi) is 4.87. The summed E-state index contributed by atoms with van der Waals surface area (Å²) >= 11 is 0. The van der Waals surface area contributed by atoms with Crippen molar-refractivity contribution in [3.05, 3.63) is 35.1 Å². The van der Waals surface area contributed by atoms with E-state index in [0.29, 0.717) is 18.7 Å². The first kappa shape index (κ1) is 18.3. The molecule has 6 nitrogen and oxygen atoms in total. The van der Waals surface area contributed by atoms with Crippen LogP contribution in [0.3, 0.4) is 0 Å². The van der Waals surface area contributed by atoms with E-state index < -0.39 is 16.0 Å². The minimum absolute atomic E-state index is 0.103. The van der Waals surface area contributed by atoms with Crippen LogP contribution in [0.5, 0.6) is 0 Å². The Labute approximate surface area is 148 Å². The number of hydrogen-bond acceptors (Lipinski definition) is 3. The fourth-order valence-electron chi connectivity index (χ4n) is 3.69. The molecule has 0 spiro atoms. The van der Waals surface area contributed by atoms with Gasteiger partial charge in [-0.05, 0) is 43.4 Å². The summed E-state index contributed by atoms with van der Waals surface area (Å²) in [6, 6.07) is 4.03. The van der Waals surface area contributed by atoms with Crippen molar-refractivity contribution in [1.82, 2.24) is 13.5 Å². The SMILES string of the molecule is Cc1ccc(F)cc1C(=O)N1C[C@H]2CC[C@@H]1CN(S(=O)(=O)N(C)C)C2. The monoisotopic (exact) mass is 369 g/mol. The quantitative estimate of drug-likeness (QED) is 0.811. The highest BCUT2D eigenvalue weighted by Gasteiger charge is 2.41. The van der Waals surface area contributed by atoms with Crippen LogP contribution >= 0.6 is 0 Å². The maximum Gasteiger partial charge on any atom is 0.281 e. The molecule has 0 aliphatic carbocycles. The van der Waals surface area contributed by atoms with Crippen LogP contribution in [0.4, 0.5) is 4.39 Å². The lowest BCUT2D eigenvalue weighted by Gasteiger charge is -2.36. The van der Waals surface area contributed by atoms with Gasteiger partial charge >= 0.3 is 0 Å². The molecule has 2 atom stereocenters. The van der Waals surface area contributed by atoms with Gasteiger partial charge in [0.15, 0.2) is 0 Å². The van der Waals surface area contributed by atoms with Gasteiger partial charge in [0.2, 0.25) is 0 Å². The minimum atomic E-state index is -3.51. The number of benzene rings is 1. The Balaban J connectivity index is 1.88. The molecule has 1 amide bonds. The summed E-state index contributed by atoms with van der Waals surface area (Å²) in [5.41, 5.74) is 1.08. The van der Waals surface area contributed by atoms with Crippen LogP contribution in [-0.4, -0.2) is 67.6 Å². The number of rotatable bonds is 3. The van der Waals surface area contributed by atoms with Crippen LogP contribution in [-0.2, 0) is 10.2 Å². The van der Waals surface area contributed by atoms with Gasteiger partial charge in [0, 0.05) is 45.3 Å². The molecular weight excluding hydrogens is 345 g/mol. The lowest BCUT2D eigenvalue weighted by Crippen LogP contribution is -2.48. The minimum Gasteiger partial charge on any atom is -0.334 e. The molecule has 1 aromatic rings. The van der Waals surface area contributed by atoms with E-state index >= 15 is 0 Å². The summed E-state index contributed by atoms with van der Waals surface area (Å²) in [5, 5.41) is 0. The Morgan fingerprint density at radius 1 is 1.20 bits per heavy atom. The molecule has 3 aliphatic heterocycles. The summed E-state index contributed by atoms with van der Waals surface area (Å²) < 4.78 is 41.3. The van der Waals surface area contributed by atoms with Crippen molar-refractivity contribution in [2.75, 3.05) is 33.7 Å². The number of piperidine rings is 1. The van der Waals surface area contributed by atoms with Crippen LogP contribution in [0.2, 0.25) is 0 Å². The van der Waals surface area contributed by atoms with E-state index in [2.05, 4.69) is 0 Å². The van der Waals surface area contributed by atoms with Gasteiger partial charge in [-0.25, -0.2) is 4.39 Å². The van der Waals surface area contributed by atoms with Crippen molar-refractivity contribution >= 4 is 16.1 Å². The molecule has 3 fully saturated rings. The average Bonchev–Trinajstić information content (AvgIpc) is 2.88. The number of nitrogens with zero attached hydrogens (tertiary/aromatic N) is 3. The van der Waals surface area contributed by atoms with Crippen molar-refractivity contribution in [1.29, 1.82) is 0 Å². The normalized spacial score (nSPS) is 24.6. The van der Waals surface area contributed by atoms with Crippen molar-refractivity contribution in [3.8, 4) is 0 Å². The largest absolute Gasteiger partial charge is 0.334 e.